The molecule has 0 saturated carbocycles. The SMILES string of the molecule is CCC(c1ccccc1)N1CCC(CNC)C1. The number of hydrogen-bond donors (Lipinski definition) is 1. The van der Waals surface area contributed by atoms with Gasteiger partial charge in [-0.15, -0.1) is 0 Å². The van der Waals surface area contributed by atoms with Crippen molar-refractivity contribution in [2.45, 2.75) is 25.8 Å². The molecule has 0 aromatic heterocycles. The van der Waals surface area contributed by atoms with Crippen LogP contribution in [0.15, 0.2) is 30.3 Å². The first kappa shape index (κ1) is 12.6. The minimum Gasteiger partial charge on any atom is -0.319 e. The fourth-order valence-corrected chi connectivity index (χ4v) is 2.98. The van der Waals surface area contributed by atoms with E-state index in [4.69, 9.17) is 0 Å². The summed E-state index contributed by atoms with van der Waals surface area (Å²) in [6, 6.07) is 11.5. The summed E-state index contributed by atoms with van der Waals surface area (Å²) in [6.45, 7) is 5.94. The van der Waals surface area contributed by atoms with Crippen LogP contribution in [0.4, 0.5) is 0 Å². The van der Waals surface area contributed by atoms with Crippen molar-refractivity contribution in [3.63, 3.8) is 0 Å². The molecule has 2 unspecified atom stereocenters. The molecule has 0 spiro atoms. The molecule has 1 N–H and O–H groups in total. The Kier molecular flexibility index (Phi) is 4.57. The van der Waals surface area contributed by atoms with Crippen LogP contribution in [-0.4, -0.2) is 31.6 Å². The highest BCUT2D eigenvalue weighted by Crippen LogP contribution is 2.29. The first-order chi connectivity index (χ1) is 8.35. The predicted molar refractivity (Wildman–Crippen MR) is 73.1 cm³/mol. The van der Waals surface area contributed by atoms with Gasteiger partial charge in [0.2, 0.25) is 0 Å². The molecule has 0 bridgehead atoms. The molecule has 2 heteroatoms. The van der Waals surface area contributed by atoms with Crippen molar-refractivity contribution in [1.82, 2.24) is 10.2 Å². The number of benzene rings is 1. The molecule has 1 aliphatic heterocycles. The highest BCUT2D eigenvalue weighted by molar-refractivity contribution is 5.19. The molecule has 0 amide bonds. The summed E-state index contributed by atoms with van der Waals surface area (Å²) in [4.78, 5) is 2.65. The molecular weight excluding hydrogens is 208 g/mol. The summed E-state index contributed by atoms with van der Waals surface area (Å²) >= 11 is 0. The van der Waals surface area contributed by atoms with Crippen LogP contribution >= 0.6 is 0 Å². The van der Waals surface area contributed by atoms with Gasteiger partial charge in [0.25, 0.3) is 0 Å². The van der Waals surface area contributed by atoms with Gasteiger partial charge in [0.05, 0.1) is 0 Å². The fraction of sp³-hybridized carbons (Fsp3) is 0.600. The molecule has 1 aromatic carbocycles. The van der Waals surface area contributed by atoms with Crippen LogP contribution in [0.25, 0.3) is 0 Å². The van der Waals surface area contributed by atoms with E-state index in [2.05, 4.69) is 54.5 Å². The second-order valence-corrected chi connectivity index (χ2v) is 5.04. The van der Waals surface area contributed by atoms with Crippen LogP contribution in [0, 0.1) is 5.92 Å². The third-order valence-corrected chi connectivity index (χ3v) is 3.82. The normalized spacial score (nSPS) is 22.8. The lowest BCUT2D eigenvalue weighted by atomic mass is 10.0. The number of rotatable bonds is 5. The Labute approximate surface area is 105 Å². The molecule has 2 rings (SSSR count). The van der Waals surface area contributed by atoms with Crippen LogP contribution in [0.2, 0.25) is 0 Å². The lowest BCUT2D eigenvalue weighted by molar-refractivity contribution is 0.230. The zero-order valence-corrected chi connectivity index (χ0v) is 11.0. The molecule has 0 radical (unpaired) electrons. The first-order valence-electron chi connectivity index (χ1n) is 6.78. The number of hydrogen-bond acceptors (Lipinski definition) is 2. The lowest BCUT2D eigenvalue weighted by Crippen LogP contribution is -2.28. The largest absolute Gasteiger partial charge is 0.319 e. The second-order valence-electron chi connectivity index (χ2n) is 5.04. The summed E-state index contributed by atoms with van der Waals surface area (Å²) < 4.78 is 0. The van der Waals surface area contributed by atoms with E-state index in [-0.39, 0.29) is 0 Å². The Morgan fingerprint density at radius 1 is 1.35 bits per heavy atom. The maximum absolute atomic E-state index is 3.30. The average molecular weight is 232 g/mol. The Morgan fingerprint density at radius 2 is 2.12 bits per heavy atom. The topological polar surface area (TPSA) is 15.3 Å². The average Bonchev–Trinajstić information content (AvgIpc) is 2.81. The molecular formula is C15H24N2. The standard InChI is InChI=1S/C15H24N2/c1-3-15(14-7-5-4-6-8-14)17-10-9-13(12-17)11-16-2/h4-8,13,15-16H,3,9-12H2,1-2H3. The monoisotopic (exact) mass is 232 g/mol. The van der Waals surface area contributed by atoms with Gasteiger partial charge in [-0.25, -0.2) is 0 Å². The smallest absolute Gasteiger partial charge is 0.0345 e. The lowest BCUT2D eigenvalue weighted by Gasteiger charge is -2.27. The molecule has 94 valence electrons. The number of nitrogens with one attached hydrogen (secondary N) is 1. The van der Waals surface area contributed by atoms with E-state index < -0.39 is 0 Å². The van der Waals surface area contributed by atoms with Crippen molar-refractivity contribution in [3.05, 3.63) is 35.9 Å². The summed E-state index contributed by atoms with van der Waals surface area (Å²) in [7, 11) is 2.05. The zero-order valence-electron chi connectivity index (χ0n) is 11.0. The summed E-state index contributed by atoms with van der Waals surface area (Å²) in [5.41, 5.74) is 1.47. The third kappa shape index (κ3) is 3.08. The van der Waals surface area contributed by atoms with Crippen molar-refractivity contribution in [3.8, 4) is 0 Å². The first-order valence-corrected chi connectivity index (χ1v) is 6.78. The summed E-state index contributed by atoms with van der Waals surface area (Å²) in [5, 5.41) is 3.30. The van der Waals surface area contributed by atoms with Crippen LogP contribution in [0.1, 0.15) is 31.4 Å². The van der Waals surface area contributed by atoms with Gasteiger partial charge < -0.3 is 5.32 Å². The van der Waals surface area contributed by atoms with Gasteiger partial charge in [-0.05, 0) is 44.5 Å². The van der Waals surface area contributed by atoms with Gasteiger partial charge >= 0.3 is 0 Å². The minimum atomic E-state index is 0.609. The highest BCUT2D eigenvalue weighted by Gasteiger charge is 2.27. The molecule has 2 atom stereocenters. The maximum Gasteiger partial charge on any atom is 0.0345 e. The molecule has 1 heterocycles. The molecule has 1 aliphatic rings. The molecule has 1 aromatic rings. The minimum absolute atomic E-state index is 0.609. The van der Waals surface area contributed by atoms with Gasteiger partial charge in [-0.2, -0.15) is 0 Å². The van der Waals surface area contributed by atoms with Gasteiger partial charge in [0, 0.05) is 12.6 Å². The summed E-state index contributed by atoms with van der Waals surface area (Å²) in [6.07, 6.45) is 2.54. The fourth-order valence-electron chi connectivity index (χ4n) is 2.98. The van der Waals surface area contributed by atoms with E-state index in [1.165, 1.54) is 31.5 Å². The Balaban J connectivity index is 2.01. The van der Waals surface area contributed by atoms with Gasteiger partial charge in [0.15, 0.2) is 0 Å². The Morgan fingerprint density at radius 3 is 2.76 bits per heavy atom. The van der Waals surface area contributed by atoms with E-state index in [9.17, 15) is 0 Å². The highest BCUT2D eigenvalue weighted by atomic mass is 15.2. The van der Waals surface area contributed by atoms with E-state index >= 15 is 0 Å². The zero-order chi connectivity index (χ0) is 12.1. The van der Waals surface area contributed by atoms with Crippen molar-refractivity contribution >= 4 is 0 Å². The van der Waals surface area contributed by atoms with Crippen LogP contribution in [-0.2, 0) is 0 Å². The number of nitrogens with zero attached hydrogens (tertiary/aromatic N) is 1. The van der Waals surface area contributed by atoms with Gasteiger partial charge in [-0.1, -0.05) is 37.3 Å². The maximum atomic E-state index is 3.30. The van der Waals surface area contributed by atoms with E-state index in [1.54, 1.807) is 0 Å². The third-order valence-electron chi connectivity index (χ3n) is 3.82. The Bertz CT molecular complexity index is 323. The molecule has 1 saturated heterocycles. The molecule has 17 heavy (non-hydrogen) atoms. The van der Waals surface area contributed by atoms with Crippen LogP contribution in [0.5, 0.6) is 0 Å². The van der Waals surface area contributed by atoms with Crippen molar-refractivity contribution < 1.29 is 0 Å². The van der Waals surface area contributed by atoms with E-state index in [0.717, 1.165) is 12.5 Å². The summed E-state index contributed by atoms with van der Waals surface area (Å²) in [5.74, 6) is 0.831. The van der Waals surface area contributed by atoms with Crippen LogP contribution in [0.3, 0.4) is 0 Å². The number of likely N-dealkylation sites (tertiary alicyclic amines) is 1. The van der Waals surface area contributed by atoms with Gasteiger partial charge in [0.1, 0.15) is 0 Å². The van der Waals surface area contributed by atoms with Crippen molar-refractivity contribution in [1.29, 1.82) is 0 Å². The van der Waals surface area contributed by atoms with Gasteiger partial charge in [-0.3, -0.25) is 4.90 Å². The van der Waals surface area contributed by atoms with Crippen molar-refractivity contribution in [2.24, 2.45) is 5.92 Å². The molecule has 0 aliphatic carbocycles. The van der Waals surface area contributed by atoms with E-state index in [0.29, 0.717) is 6.04 Å². The second kappa shape index (κ2) is 6.18. The van der Waals surface area contributed by atoms with E-state index in [1.807, 2.05) is 0 Å². The molecule has 1 fully saturated rings. The molecule has 2 nitrogen and oxygen atoms in total. The Hall–Kier alpha value is -0.860. The quantitative estimate of drug-likeness (QED) is 0.839. The van der Waals surface area contributed by atoms with Crippen LogP contribution < -0.4 is 5.32 Å². The van der Waals surface area contributed by atoms with Crippen molar-refractivity contribution in [2.75, 3.05) is 26.7 Å². The predicted octanol–water partition coefficient (Wildman–Crippen LogP) is 2.68.